The second-order valence-electron chi connectivity index (χ2n) is 5.14. The van der Waals surface area contributed by atoms with Crippen LogP contribution in [0.15, 0.2) is 35.9 Å². The number of hydrogen-bond acceptors (Lipinski definition) is 4. The summed E-state index contributed by atoms with van der Waals surface area (Å²) in [5.74, 6) is -1.03. The van der Waals surface area contributed by atoms with Gasteiger partial charge in [0.25, 0.3) is 5.69 Å². The maximum atomic E-state index is 11.9. The number of carbonyl (C=O) groups is 2. The first kappa shape index (κ1) is 17.4. The van der Waals surface area contributed by atoms with Crippen molar-refractivity contribution in [1.82, 2.24) is 5.32 Å². The minimum Gasteiger partial charge on any atom is -0.368 e. The molecular weight excluding hydrogens is 286 g/mol. The molecule has 2 amide bonds. The number of carbonyl (C=O) groups excluding carboxylic acids is 2. The molecule has 0 aliphatic carbocycles. The SMILES string of the molecule is CC(C)=CC[C@@H](NC(=O)Cc1cccc([N+](=O)[O-])c1)C(N)=O. The van der Waals surface area contributed by atoms with Crippen molar-refractivity contribution in [2.75, 3.05) is 0 Å². The molecule has 3 N–H and O–H groups in total. The van der Waals surface area contributed by atoms with Crippen LogP contribution in [0.2, 0.25) is 0 Å². The highest BCUT2D eigenvalue weighted by atomic mass is 16.6. The number of nitrogens with one attached hydrogen (secondary N) is 1. The molecule has 0 saturated heterocycles. The Hall–Kier alpha value is -2.70. The molecule has 0 aliphatic rings. The summed E-state index contributed by atoms with van der Waals surface area (Å²) < 4.78 is 0. The van der Waals surface area contributed by atoms with Gasteiger partial charge in [0.2, 0.25) is 11.8 Å². The molecule has 118 valence electrons. The number of nitro groups is 1. The number of non-ortho nitro benzene ring substituents is 1. The lowest BCUT2D eigenvalue weighted by molar-refractivity contribution is -0.384. The molecule has 0 spiro atoms. The Bertz CT molecular complexity index is 607. The van der Waals surface area contributed by atoms with Gasteiger partial charge >= 0.3 is 0 Å². The van der Waals surface area contributed by atoms with Crippen LogP contribution in [0.4, 0.5) is 5.69 Å². The molecule has 1 aromatic rings. The average Bonchev–Trinajstić information content (AvgIpc) is 2.43. The molecule has 1 rings (SSSR count). The lowest BCUT2D eigenvalue weighted by Gasteiger charge is -2.14. The predicted octanol–water partition coefficient (Wildman–Crippen LogP) is 1.46. The number of nitrogens with two attached hydrogens (primary N) is 1. The van der Waals surface area contributed by atoms with Gasteiger partial charge in [0.15, 0.2) is 0 Å². The van der Waals surface area contributed by atoms with Gasteiger partial charge in [-0.2, -0.15) is 0 Å². The number of nitro benzene ring substituents is 1. The zero-order chi connectivity index (χ0) is 16.7. The molecule has 7 nitrogen and oxygen atoms in total. The van der Waals surface area contributed by atoms with Gasteiger partial charge in [0.05, 0.1) is 11.3 Å². The largest absolute Gasteiger partial charge is 0.368 e. The summed E-state index contributed by atoms with van der Waals surface area (Å²) in [5, 5.41) is 13.2. The van der Waals surface area contributed by atoms with E-state index >= 15 is 0 Å². The van der Waals surface area contributed by atoms with Gasteiger partial charge in [-0.15, -0.1) is 0 Å². The van der Waals surface area contributed by atoms with Crippen LogP contribution in [-0.4, -0.2) is 22.8 Å². The summed E-state index contributed by atoms with van der Waals surface area (Å²) in [6.45, 7) is 3.76. The first-order chi connectivity index (χ1) is 10.3. The molecule has 0 bridgehead atoms. The van der Waals surface area contributed by atoms with E-state index in [-0.39, 0.29) is 12.1 Å². The molecule has 0 radical (unpaired) electrons. The average molecular weight is 305 g/mol. The van der Waals surface area contributed by atoms with Crippen molar-refractivity contribution in [2.24, 2.45) is 5.73 Å². The number of allylic oxidation sites excluding steroid dienone is 1. The highest BCUT2D eigenvalue weighted by Crippen LogP contribution is 2.13. The topological polar surface area (TPSA) is 115 Å². The van der Waals surface area contributed by atoms with E-state index < -0.39 is 22.8 Å². The number of rotatable bonds is 7. The van der Waals surface area contributed by atoms with Crippen molar-refractivity contribution in [3.8, 4) is 0 Å². The fraction of sp³-hybridized carbons (Fsp3) is 0.333. The number of benzene rings is 1. The molecule has 0 heterocycles. The van der Waals surface area contributed by atoms with E-state index in [2.05, 4.69) is 5.32 Å². The summed E-state index contributed by atoms with van der Waals surface area (Å²) in [6.07, 6.45) is 2.07. The van der Waals surface area contributed by atoms with Gasteiger partial charge < -0.3 is 11.1 Å². The van der Waals surface area contributed by atoms with Crippen molar-refractivity contribution in [1.29, 1.82) is 0 Å². The van der Waals surface area contributed by atoms with Crippen molar-refractivity contribution >= 4 is 17.5 Å². The van der Waals surface area contributed by atoms with Gasteiger partial charge in [-0.25, -0.2) is 0 Å². The zero-order valence-electron chi connectivity index (χ0n) is 12.5. The summed E-state index contributed by atoms with van der Waals surface area (Å²) in [7, 11) is 0. The molecule has 1 atom stereocenters. The Kier molecular flexibility index (Phi) is 6.25. The van der Waals surface area contributed by atoms with Crippen LogP contribution in [0.1, 0.15) is 25.8 Å². The van der Waals surface area contributed by atoms with Crippen LogP contribution < -0.4 is 11.1 Å². The van der Waals surface area contributed by atoms with Gasteiger partial charge in [-0.05, 0) is 25.8 Å². The van der Waals surface area contributed by atoms with E-state index in [0.29, 0.717) is 12.0 Å². The summed E-state index contributed by atoms with van der Waals surface area (Å²) >= 11 is 0. The predicted molar refractivity (Wildman–Crippen MR) is 82.0 cm³/mol. The summed E-state index contributed by atoms with van der Waals surface area (Å²) in [6, 6.07) is 5.01. The quantitative estimate of drug-likeness (QED) is 0.450. The summed E-state index contributed by atoms with van der Waals surface area (Å²) in [5.41, 5.74) is 6.68. The molecule has 7 heteroatoms. The van der Waals surface area contributed by atoms with Gasteiger partial charge in [-0.3, -0.25) is 19.7 Å². The minimum absolute atomic E-state index is 0.0553. The van der Waals surface area contributed by atoms with Crippen LogP contribution in [0.3, 0.4) is 0 Å². The fourth-order valence-corrected chi connectivity index (χ4v) is 1.81. The Balaban J connectivity index is 2.71. The van der Waals surface area contributed by atoms with Crippen molar-refractivity contribution in [3.63, 3.8) is 0 Å². The van der Waals surface area contributed by atoms with E-state index in [0.717, 1.165) is 5.57 Å². The smallest absolute Gasteiger partial charge is 0.269 e. The first-order valence-electron chi connectivity index (χ1n) is 6.75. The van der Waals surface area contributed by atoms with Crippen LogP contribution >= 0.6 is 0 Å². The maximum absolute atomic E-state index is 11.9. The molecule has 22 heavy (non-hydrogen) atoms. The van der Waals surface area contributed by atoms with E-state index in [1.54, 1.807) is 6.07 Å². The van der Waals surface area contributed by atoms with Crippen LogP contribution in [0.25, 0.3) is 0 Å². The van der Waals surface area contributed by atoms with Crippen LogP contribution in [0, 0.1) is 10.1 Å². The molecular formula is C15H19N3O4. The van der Waals surface area contributed by atoms with Gasteiger partial charge in [0.1, 0.15) is 6.04 Å². The van der Waals surface area contributed by atoms with E-state index in [1.165, 1.54) is 18.2 Å². The van der Waals surface area contributed by atoms with E-state index in [4.69, 9.17) is 5.73 Å². The van der Waals surface area contributed by atoms with Crippen molar-refractivity contribution in [3.05, 3.63) is 51.6 Å². The van der Waals surface area contributed by atoms with Gasteiger partial charge in [-0.1, -0.05) is 23.8 Å². The third-order valence-electron chi connectivity index (χ3n) is 2.93. The van der Waals surface area contributed by atoms with E-state index in [1.807, 2.05) is 19.9 Å². The molecule has 0 unspecified atom stereocenters. The standard InChI is InChI=1S/C15H19N3O4/c1-10(2)6-7-13(15(16)20)17-14(19)9-11-4-3-5-12(8-11)18(21)22/h3-6,8,13H,7,9H2,1-2H3,(H2,16,20)(H,17,19)/t13-/m1/s1. The minimum atomic E-state index is -0.791. The number of amides is 2. The van der Waals surface area contributed by atoms with Crippen molar-refractivity contribution in [2.45, 2.75) is 32.7 Å². The Morgan fingerprint density at radius 2 is 2.09 bits per heavy atom. The number of nitrogens with zero attached hydrogens (tertiary/aromatic N) is 1. The lowest BCUT2D eigenvalue weighted by atomic mass is 10.1. The molecule has 0 fully saturated rings. The fourth-order valence-electron chi connectivity index (χ4n) is 1.81. The monoisotopic (exact) mass is 305 g/mol. The van der Waals surface area contributed by atoms with E-state index in [9.17, 15) is 19.7 Å². The summed E-state index contributed by atoms with van der Waals surface area (Å²) in [4.78, 5) is 33.4. The second kappa shape index (κ2) is 7.92. The Morgan fingerprint density at radius 1 is 1.41 bits per heavy atom. The molecule has 0 saturated carbocycles. The highest BCUT2D eigenvalue weighted by molar-refractivity contribution is 5.87. The van der Waals surface area contributed by atoms with Crippen molar-refractivity contribution < 1.29 is 14.5 Å². The molecule has 1 aromatic carbocycles. The Morgan fingerprint density at radius 3 is 2.64 bits per heavy atom. The maximum Gasteiger partial charge on any atom is 0.269 e. The Labute approximate surface area is 128 Å². The third-order valence-corrected chi connectivity index (χ3v) is 2.93. The van der Waals surface area contributed by atoms with Crippen LogP contribution in [-0.2, 0) is 16.0 Å². The second-order valence-corrected chi connectivity index (χ2v) is 5.14. The highest BCUT2D eigenvalue weighted by Gasteiger charge is 2.17. The normalized spacial score (nSPS) is 11.4. The first-order valence-corrected chi connectivity index (χ1v) is 6.75. The lowest BCUT2D eigenvalue weighted by Crippen LogP contribution is -2.44. The molecule has 0 aliphatic heterocycles. The number of primary amides is 1. The molecule has 0 aromatic heterocycles. The number of hydrogen-bond donors (Lipinski definition) is 2. The van der Waals surface area contributed by atoms with Gasteiger partial charge in [0, 0.05) is 12.1 Å². The van der Waals surface area contributed by atoms with Crippen LogP contribution in [0.5, 0.6) is 0 Å². The zero-order valence-corrected chi connectivity index (χ0v) is 12.5. The third kappa shape index (κ3) is 5.74.